The van der Waals surface area contributed by atoms with Crippen LogP contribution in [0.1, 0.15) is 18.5 Å². The Kier molecular flexibility index (Phi) is 5.03. The van der Waals surface area contributed by atoms with Crippen LogP contribution in [0.4, 0.5) is 10.1 Å². The molecule has 19 heavy (non-hydrogen) atoms. The van der Waals surface area contributed by atoms with Crippen LogP contribution < -0.4 is 5.32 Å². The molecule has 0 aliphatic carbocycles. The molecule has 0 saturated heterocycles. The van der Waals surface area contributed by atoms with Gasteiger partial charge in [-0.3, -0.25) is 0 Å². The summed E-state index contributed by atoms with van der Waals surface area (Å²) in [6, 6.07) is 10.7. The highest BCUT2D eigenvalue weighted by Gasteiger charge is 2.11. The van der Waals surface area contributed by atoms with Crippen molar-refractivity contribution < 1.29 is 4.39 Å². The molecule has 2 aromatic carbocycles. The Bertz CT molecular complexity index is 601. The zero-order valence-electron chi connectivity index (χ0n) is 10.1. The Balaban J connectivity index is 2.25. The summed E-state index contributed by atoms with van der Waals surface area (Å²) in [6.07, 6.45) is 0. The summed E-state index contributed by atoms with van der Waals surface area (Å²) in [5.74, 6) is -0.257. The van der Waals surface area contributed by atoms with Crippen molar-refractivity contribution in [3.63, 3.8) is 0 Å². The second-order valence-electron chi connectivity index (χ2n) is 4.16. The van der Waals surface area contributed by atoms with E-state index in [4.69, 9.17) is 0 Å². The Morgan fingerprint density at radius 1 is 1.00 bits per heavy atom. The van der Waals surface area contributed by atoms with Gasteiger partial charge in [-0.2, -0.15) is 0 Å². The molecule has 0 aromatic heterocycles. The van der Waals surface area contributed by atoms with E-state index in [1.54, 1.807) is 6.07 Å². The molecule has 2 aromatic rings. The van der Waals surface area contributed by atoms with Gasteiger partial charge in [0.2, 0.25) is 0 Å². The second kappa shape index (κ2) is 6.37. The van der Waals surface area contributed by atoms with Crippen molar-refractivity contribution in [2.75, 3.05) is 5.32 Å². The third-order valence-electron chi connectivity index (χ3n) is 2.73. The predicted molar refractivity (Wildman–Crippen MR) is 88.0 cm³/mol. The van der Waals surface area contributed by atoms with Crippen molar-refractivity contribution in [3.8, 4) is 0 Å². The summed E-state index contributed by atoms with van der Waals surface area (Å²) in [6.45, 7) is 2.03. The van der Waals surface area contributed by atoms with Crippen LogP contribution in [0, 0.1) is 5.82 Å². The number of halogens is 4. The Morgan fingerprint density at radius 2 is 1.74 bits per heavy atom. The normalized spacial score (nSPS) is 12.3. The molecule has 0 heterocycles. The first kappa shape index (κ1) is 15.0. The molecule has 1 unspecified atom stereocenters. The maximum Gasteiger partial charge on any atom is 0.125 e. The Labute approximate surface area is 137 Å². The van der Waals surface area contributed by atoms with Crippen LogP contribution in [-0.4, -0.2) is 0 Å². The highest BCUT2D eigenvalue weighted by molar-refractivity contribution is 9.11. The van der Waals surface area contributed by atoms with Crippen molar-refractivity contribution in [1.29, 1.82) is 0 Å². The molecule has 0 radical (unpaired) electrons. The van der Waals surface area contributed by atoms with E-state index < -0.39 is 0 Å². The van der Waals surface area contributed by atoms with Crippen LogP contribution in [-0.2, 0) is 0 Å². The fraction of sp³-hybridized carbons (Fsp3) is 0.143. The van der Waals surface area contributed by atoms with Crippen LogP contribution in [0.5, 0.6) is 0 Å². The van der Waals surface area contributed by atoms with Gasteiger partial charge in [-0.05, 0) is 58.7 Å². The topological polar surface area (TPSA) is 12.0 Å². The number of hydrogen-bond donors (Lipinski definition) is 1. The molecule has 0 aliphatic heterocycles. The summed E-state index contributed by atoms with van der Waals surface area (Å²) in [4.78, 5) is 0. The minimum atomic E-state index is -0.257. The highest BCUT2D eigenvalue weighted by Crippen LogP contribution is 2.31. The van der Waals surface area contributed by atoms with Gasteiger partial charge in [0.1, 0.15) is 5.82 Å². The molecule has 0 aliphatic rings. The standard InChI is InChI=1S/C14H11Br3FN/c1-8(11-4-2-9(15)6-13(11)17)19-14-7-10(18)3-5-12(14)16/h2-8,19H,1H3. The minimum Gasteiger partial charge on any atom is -0.377 e. The molecule has 2 rings (SSSR count). The lowest BCUT2D eigenvalue weighted by Crippen LogP contribution is -2.08. The van der Waals surface area contributed by atoms with Crippen LogP contribution in [0.25, 0.3) is 0 Å². The minimum absolute atomic E-state index is 0.0561. The smallest absolute Gasteiger partial charge is 0.125 e. The lowest BCUT2D eigenvalue weighted by atomic mass is 10.1. The van der Waals surface area contributed by atoms with Crippen LogP contribution in [0.2, 0.25) is 0 Å². The first-order chi connectivity index (χ1) is 8.97. The summed E-state index contributed by atoms with van der Waals surface area (Å²) in [5.41, 5.74) is 1.85. The van der Waals surface area contributed by atoms with Crippen molar-refractivity contribution in [2.24, 2.45) is 0 Å². The molecule has 1 atom stereocenters. The van der Waals surface area contributed by atoms with Gasteiger partial charge in [0.05, 0.1) is 5.69 Å². The molecule has 100 valence electrons. The van der Waals surface area contributed by atoms with Crippen LogP contribution in [0.15, 0.2) is 49.8 Å². The highest BCUT2D eigenvalue weighted by atomic mass is 79.9. The third-order valence-corrected chi connectivity index (χ3v) is 4.60. The molecular formula is C14H11Br3FN. The molecular weight excluding hydrogens is 441 g/mol. The van der Waals surface area contributed by atoms with Gasteiger partial charge in [0.25, 0.3) is 0 Å². The SMILES string of the molecule is CC(Nc1cc(F)ccc1Br)c1ccc(Br)cc1Br. The number of hydrogen-bond acceptors (Lipinski definition) is 1. The molecule has 0 amide bonds. The molecule has 0 fully saturated rings. The van der Waals surface area contributed by atoms with Crippen molar-refractivity contribution >= 4 is 53.5 Å². The lowest BCUT2D eigenvalue weighted by Gasteiger charge is -2.18. The number of nitrogens with one attached hydrogen (secondary N) is 1. The Hall–Kier alpha value is -0.390. The van der Waals surface area contributed by atoms with Crippen LogP contribution in [0.3, 0.4) is 0 Å². The number of benzene rings is 2. The molecule has 5 heteroatoms. The monoisotopic (exact) mass is 449 g/mol. The zero-order valence-corrected chi connectivity index (χ0v) is 14.8. The van der Waals surface area contributed by atoms with E-state index in [-0.39, 0.29) is 11.9 Å². The maximum absolute atomic E-state index is 13.3. The fourth-order valence-electron chi connectivity index (χ4n) is 1.77. The van der Waals surface area contributed by atoms with Crippen molar-refractivity contribution in [3.05, 3.63) is 61.2 Å². The summed E-state index contributed by atoms with van der Waals surface area (Å²) in [7, 11) is 0. The summed E-state index contributed by atoms with van der Waals surface area (Å²) < 4.78 is 16.1. The van der Waals surface area contributed by atoms with Crippen molar-refractivity contribution in [2.45, 2.75) is 13.0 Å². The summed E-state index contributed by atoms with van der Waals surface area (Å²) >= 11 is 10.4. The molecule has 1 nitrogen and oxygen atoms in total. The van der Waals surface area contributed by atoms with E-state index in [1.165, 1.54) is 12.1 Å². The molecule has 0 spiro atoms. The number of rotatable bonds is 3. The average molecular weight is 452 g/mol. The number of anilines is 1. The van der Waals surface area contributed by atoms with E-state index in [0.29, 0.717) is 0 Å². The lowest BCUT2D eigenvalue weighted by molar-refractivity contribution is 0.627. The summed E-state index contributed by atoms with van der Waals surface area (Å²) in [5, 5.41) is 3.30. The van der Waals surface area contributed by atoms with Gasteiger partial charge in [0.15, 0.2) is 0 Å². The van der Waals surface area contributed by atoms with E-state index in [2.05, 4.69) is 53.1 Å². The maximum atomic E-state index is 13.3. The first-order valence-corrected chi connectivity index (χ1v) is 8.02. The molecule has 1 N–H and O–H groups in total. The fourth-order valence-corrected chi connectivity index (χ4v) is 3.52. The van der Waals surface area contributed by atoms with E-state index in [1.807, 2.05) is 25.1 Å². The van der Waals surface area contributed by atoms with Gasteiger partial charge < -0.3 is 5.32 Å². The molecule has 0 bridgehead atoms. The van der Waals surface area contributed by atoms with Gasteiger partial charge in [-0.15, -0.1) is 0 Å². The van der Waals surface area contributed by atoms with Crippen LogP contribution >= 0.6 is 47.8 Å². The van der Waals surface area contributed by atoms with E-state index in [0.717, 1.165) is 24.7 Å². The van der Waals surface area contributed by atoms with Crippen molar-refractivity contribution in [1.82, 2.24) is 0 Å². The first-order valence-electron chi connectivity index (χ1n) is 5.64. The van der Waals surface area contributed by atoms with E-state index >= 15 is 0 Å². The van der Waals surface area contributed by atoms with E-state index in [9.17, 15) is 4.39 Å². The quantitative estimate of drug-likeness (QED) is 0.578. The predicted octanol–water partition coefficient (Wildman–Crippen LogP) is 6.29. The largest absolute Gasteiger partial charge is 0.377 e. The zero-order chi connectivity index (χ0) is 14.0. The van der Waals surface area contributed by atoms with Gasteiger partial charge in [-0.25, -0.2) is 4.39 Å². The van der Waals surface area contributed by atoms with Gasteiger partial charge in [-0.1, -0.05) is 37.9 Å². The molecule has 0 saturated carbocycles. The Morgan fingerprint density at radius 3 is 2.42 bits per heavy atom. The third kappa shape index (κ3) is 3.80. The van der Waals surface area contributed by atoms with Gasteiger partial charge in [0, 0.05) is 19.5 Å². The second-order valence-corrected chi connectivity index (χ2v) is 6.78. The van der Waals surface area contributed by atoms with Gasteiger partial charge >= 0.3 is 0 Å². The average Bonchev–Trinajstić information content (AvgIpc) is 2.33.